The van der Waals surface area contributed by atoms with Gasteiger partial charge in [0.2, 0.25) is 0 Å². The molecule has 1 heterocycles. The first-order chi connectivity index (χ1) is 6.65. The summed E-state index contributed by atoms with van der Waals surface area (Å²) < 4.78 is 1.06. The molecule has 1 aromatic carbocycles. The van der Waals surface area contributed by atoms with Crippen LogP contribution in [0.5, 0.6) is 0 Å². The number of nitrogens with one attached hydrogen (secondary N) is 1. The normalized spacial score (nSPS) is 11.4. The molecule has 74 valence electrons. The van der Waals surface area contributed by atoms with Gasteiger partial charge in [0, 0.05) is 28.1 Å². The Hall–Kier alpha value is -0.840. The number of aromatic amines is 1. The van der Waals surface area contributed by atoms with Crippen LogP contribution in [0.2, 0.25) is 0 Å². The van der Waals surface area contributed by atoms with Gasteiger partial charge < -0.3 is 10.2 Å². The van der Waals surface area contributed by atoms with Crippen LogP contribution in [-0.2, 0) is 6.54 Å². The maximum Gasteiger partial charge on any atom is 0.0636 e. The van der Waals surface area contributed by atoms with E-state index in [2.05, 4.69) is 20.9 Å². The Morgan fingerprint density at radius 3 is 2.93 bits per heavy atom. The predicted molar refractivity (Wildman–Crippen MR) is 59.3 cm³/mol. The quantitative estimate of drug-likeness (QED) is 0.810. The molecule has 0 radical (unpaired) electrons. The van der Waals surface area contributed by atoms with Crippen LogP contribution in [0.15, 0.2) is 28.7 Å². The second kappa shape index (κ2) is 3.73. The van der Waals surface area contributed by atoms with Gasteiger partial charge in [0.05, 0.1) is 6.54 Å². The molecule has 0 fully saturated rings. The van der Waals surface area contributed by atoms with E-state index >= 15 is 0 Å². The molecule has 0 atom stereocenters. The van der Waals surface area contributed by atoms with Crippen molar-refractivity contribution in [3.05, 3.63) is 34.4 Å². The molecule has 14 heavy (non-hydrogen) atoms. The summed E-state index contributed by atoms with van der Waals surface area (Å²) in [4.78, 5) is 3.23. The first kappa shape index (κ1) is 9.71. The molecule has 2 N–H and O–H groups in total. The minimum atomic E-state index is 0.506. The van der Waals surface area contributed by atoms with Gasteiger partial charge in [-0.05, 0) is 24.3 Å². The second-order valence-electron chi connectivity index (χ2n) is 3.34. The fourth-order valence-electron chi connectivity index (χ4n) is 1.50. The molecule has 0 aliphatic carbocycles. The molecule has 0 amide bonds. The first-order valence-electron chi connectivity index (χ1n) is 4.32. The third-order valence-electron chi connectivity index (χ3n) is 2.04. The number of benzene rings is 1. The Labute approximate surface area is 90.4 Å². The first-order valence-corrected chi connectivity index (χ1v) is 5.11. The topological polar surface area (TPSA) is 39.3 Å². The number of hydroxylamine groups is 2. The summed E-state index contributed by atoms with van der Waals surface area (Å²) in [6, 6.07) is 8.09. The number of rotatable bonds is 2. The zero-order chi connectivity index (χ0) is 10.1. The maximum absolute atomic E-state index is 9.09. The number of H-pyrrole nitrogens is 1. The minimum Gasteiger partial charge on any atom is -0.357 e. The van der Waals surface area contributed by atoms with Crippen LogP contribution in [0, 0.1) is 0 Å². The van der Waals surface area contributed by atoms with E-state index in [9.17, 15) is 0 Å². The lowest BCUT2D eigenvalue weighted by Crippen LogP contribution is -2.11. The zero-order valence-electron chi connectivity index (χ0n) is 7.79. The molecule has 3 nitrogen and oxygen atoms in total. The largest absolute Gasteiger partial charge is 0.357 e. The van der Waals surface area contributed by atoms with E-state index in [0.29, 0.717) is 6.54 Å². The summed E-state index contributed by atoms with van der Waals surface area (Å²) in [6.07, 6.45) is 0. The van der Waals surface area contributed by atoms with Gasteiger partial charge >= 0.3 is 0 Å². The highest BCUT2D eigenvalue weighted by Gasteiger charge is 2.02. The zero-order valence-corrected chi connectivity index (χ0v) is 9.37. The van der Waals surface area contributed by atoms with Crippen LogP contribution in [0.3, 0.4) is 0 Å². The molecule has 0 saturated heterocycles. The highest BCUT2D eigenvalue weighted by Crippen LogP contribution is 2.20. The van der Waals surface area contributed by atoms with E-state index < -0.39 is 0 Å². The summed E-state index contributed by atoms with van der Waals surface area (Å²) in [5.74, 6) is 0. The standard InChI is InChI=1S/C10H11BrN2O/c1-13(14)6-9-5-7-4-8(11)2-3-10(7)12-9/h2-5,12,14H,6H2,1H3. The van der Waals surface area contributed by atoms with Gasteiger partial charge in [0.1, 0.15) is 0 Å². The predicted octanol–water partition coefficient (Wildman–Crippen LogP) is 2.75. The van der Waals surface area contributed by atoms with Gasteiger partial charge in [0.25, 0.3) is 0 Å². The van der Waals surface area contributed by atoms with Crippen LogP contribution in [0.1, 0.15) is 5.69 Å². The highest BCUT2D eigenvalue weighted by atomic mass is 79.9. The molecule has 2 aromatic rings. The summed E-state index contributed by atoms with van der Waals surface area (Å²) in [5.41, 5.74) is 2.09. The molecule has 2 rings (SSSR count). The summed E-state index contributed by atoms with van der Waals surface area (Å²) in [5, 5.41) is 11.4. The van der Waals surface area contributed by atoms with Crippen molar-refractivity contribution in [1.82, 2.24) is 10.0 Å². The molecule has 1 aromatic heterocycles. The molecule has 0 saturated carbocycles. The van der Waals surface area contributed by atoms with E-state index in [-0.39, 0.29) is 0 Å². The molecule has 0 spiro atoms. The number of halogens is 1. The molecular formula is C10H11BrN2O. The molecule has 0 bridgehead atoms. The van der Waals surface area contributed by atoms with Crippen molar-refractivity contribution in [3.8, 4) is 0 Å². The average Bonchev–Trinajstić information content (AvgIpc) is 2.44. The summed E-state index contributed by atoms with van der Waals surface area (Å²) in [7, 11) is 1.63. The molecule has 0 unspecified atom stereocenters. The van der Waals surface area contributed by atoms with Crippen molar-refractivity contribution < 1.29 is 5.21 Å². The van der Waals surface area contributed by atoms with Gasteiger partial charge in [-0.1, -0.05) is 15.9 Å². The van der Waals surface area contributed by atoms with E-state index in [1.165, 1.54) is 0 Å². The Morgan fingerprint density at radius 1 is 1.43 bits per heavy atom. The third-order valence-corrected chi connectivity index (χ3v) is 2.53. The number of hydrogen-bond acceptors (Lipinski definition) is 2. The van der Waals surface area contributed by atoms with Crippen LogP contribution in [-0.4, -0.2) is 22.3 Å². The van der Waals surface area contributed by atoms with Crippen LogP contribution in [0.25, 0.3) is 10.9 Å². The van der Waals surface area contributed by atoms with Crippen molar-refractivity contribution >= 4 is 26.8 Å². The fourth-order valence-corrected chi connectivity index (χ4v) is 1.87. The lowest BCUT2D eigenvalue weighted by Gasteiger charge is -2.04. The van der Waals surface area contributed by atoms with Gasteiger partial charge in [0.15, 0.2) is 0 Å². The van der Waals surface area contributed by atoms with E-state index in [1.807, 2.05) is 24.3 Å². The van der Waals surface area contributed by atoms with E-state index in [0.717, 1.165) is 26.1 Å². The van der Waals surface area contributed by atoms with Crippen LogP contribution in [0.4, 0.5) is 0 Å². The number of nitrogens with zero attached hydrogens (tertiary/aromatic N) is 1. The lowest BCUT2D eigenvalue weighted by atomic mass is 10.2. The average molecular weight is 255 g/mol. The Kier molecular flexibility index (Phi) is 2.58. The van der Waals surface area contributed by atoms with Crippen molar-refractivity contribution in [1.29, 1.82) is 0 Å². The highest BCUT2D eigenvalue weighted by molar-refractivity contribution is 9.10. The summed E-state index contributed by atoms with van der Waals surface area (Å²) >= 11 is 3.42. The van der Waals surface area contributed by atoms with Crippen molar-refractivity contribution in [2.45, 2.75) is 6.54 Å². The van der Waals surface area contributed by atoms with Crippen LogP contribution < -0.4 is 0 Å². The van der Waals surface area contributed by atoms with Crippen molar-refractivity contribution in [3.63, 3.8) is 0 Å². The Balaban J connectivity index is 2.41. The summed E-state index contributed by atoms with van der Waals surface area (Å²) in [6.45, 7) is 0.506. The van der Waals surface area contributed by atoms with Gasteiger partial charge in [-0.25, -0.2) is 0 Å². The molecule has 0 aliphatic rings. The molecular weight excluding hydrogens is 244 g/mol. The Morgan fingerprint density at radius 2 is 2.21 bits per heavy atom. The number of fused-ring (bicyclic) bond motifs is 1. The SMILES string of the molecule is CN(O)Cc1cc2cc(Br)ccc2[nH]1. The Bertz CT molecular complexity index is 450. The van der Waals surface area contributed by atoms with Crippen molar-refractivity contribution in [2.75, 3.05) is 7.05 Å². The maximum atomic E-state index is 9.09. The van der Waals surface area contributed by atoms with Gasteiger partial charge in [-0.15, -0.1) is 0 Å². The number of aromatic nitrogens is 1. The smallest absolute Gasteiger partial charge is 0.0636 e. The third kappa shape index (κ3) is 1.97. The van der Waals surface area contributed by atoms with E-state index in [4.69, 9.17) is 5.21 Å². The molecule has 0 aliphatic heterocycles. The monoisotopic (exact) mass is 254 g/mol. The fraction of sp³-hybridized carbons (Fsp3) is 0.200. The van der Waals surface area contributed by atoms with E-state index in [1.54, 1.807) is 7.05 Å². The van der Waals surface area contributed by atoms with Crippen molar-refractivity contribution in [2.24, 2.45) is 0 Å². The second-order valence-corrected chi connectivity index (χ2v) is 4.26. The molecule has 4 heteroatoms. The minimum absolute atomic E-state index is 0.506. The van der Waals surface area contributed by atoms with Gasteiger partial charge in [-0.3, -0.25) is 0 Å². The lowest BCUT2D eigenvalue weighted by molar-refractivity contribution is -0.0739. The number of hydrogen-bond donors (Lipinski definition) is 2. The van der Waals surface area contributed by atoms with Crippen LogP contribution >= 0.6 is 15.9 Å². The van der Waals surface area contributed by atoms with Gasteiger partial charge in [-0.2, -0.15) is 5.06 Å².